The standard InChI is InChI=1S/C26H30FN5O3/c1-3-18(2)35-20-8-6-7-19(17-20)25-28-26(34)22(29-30-25)11-12-24(33)32-15-13-31(14-16-32)23-10-5-4-9-21(23)27/h4-10,17-18H,3,11-16H2,1-2H3,(H,28,30,34). The quantitative estimate of drug-likeness (QED) is 0.532. The molecule has 2 aromatic carbocycles. The lowest BCUT2D eigenvalue weighted by molar-refractivity contribution is -0.131. The van der Waals surface area contributed by atoms with E-state index in [9.17, 15) is 14.0 Å². The molecule has 1 aliphatic rings. The number of hydrogen-bond donors (Lipinski definition) is 1. The van der Waals surface area contributed by atoms with E-state index >= 15 is 0 Å². The highest BCUT2D eigenvalue weighted by atomic mass is 19.1. The van der Waals surface area contributed by atoms with E-state index in [4.69, 9.17) is 4.74 Å². The number of carbonyl (C=O) groups is 1. The van der Waals surface area contributed by atoms with Gasteiger partial charge in [0.1, 0.15) is 17.3 Å². The summed E-state index contributed by atoms with van der Waals surface area (Å²) in [4.78, 5) is 31.7. The summed E-state index contributed by atoms with van der Waals surface area (Å²) in [6, 6.07) is 14.0. The Morgan fingerprint density at radius 3 is 2.60 bits per heavy atom. The first-order chi connectivity index (χ1) is 16.9. The Kier molecular flexibility index (Phi) is 7.74. The number of amides is 1. The number of carbonyl (C=O) groups excluding carboxylic acids is 1. The van der Waals surface area contributed by atoms with Gasteiger partial charge in [-0.05, 0) is 37.6 Å². The molecule has 1 unspecified atom stereocenters. The van der Waals surface area contributed by atoms with Crippen molar-refractivity contribution in [3.8, 4) is 17.1 Å². The number of aromatic amines is 1. The summed E-state index contributed by atoms with van der Waals surface area (Å²) in [5, 5.41) is 8.25. The second-order valence-electron chi connectivity index (χ2n) is 8.63. The summed E-state index contributed by atoms with van der Waals surface area (Å²) in [6.07, 6.45) is 1.33. The number of nitrogens with one attached hydrogen (secondary N) is 1. The Bertz CT molecular complexity index is 1220. The van der Waals surface area contributed by atoms with E-state index in [0.717, 1.165) is 6.42 Å². The number of aryl methyl sites for hydroxylation is 1. The van der Waals surface area contributed by atoms with Crippen molar-refractivity contribution in [1.82, 2.24) is 20.1 Å². The van der Waals surface area contributed by atoms with Gasteiger partial charge in [0.2, 0.25) is 5.91 Å². The lowest BCUT2D eigenvalue weighted by atomic mass is 10.2. The maximum Gasteiger partial charge on any atom is 0.273 e. The molecule has 1 fully saturated rings. The Morgan fingerprint density at radius 1 is 1.11 bits per heavy atom. The van der Waals surface area contributed by atoms with Crippen LogP contribution in [0.2, 0.25) is 0 Å². The van der Waals surface area contributed by atoms with Gasteiger partial charge in [0.05, 0.1) is 11.8 Å². The minimum atomic E-state index is -0.361. The number of halogens is 1. The molecule has 1 N–H and O–H groups in total. The number of ether oxygens (including phenoxy) is 1. The van der Waals surface area contributed by atoms with E-state index in [1.54, 1.807) is 23.1 Å². The van der Waals surface area contributed by atoms with Gasteiger partial charge >= 0.3 is 0 Å². The summed E-state index contributed by atoms with van der Waals surface area (Å²) in [5.41, 5.74) is 1.11. The van der Waals surface area contributed by atoms with Crippen molar-refractivity contribution >= 4 is 11.6 Å². The molecule has 0 aliphatic carbocycles. The first-order valence-corrected chi connectivity index (χ1v) is 11.9. The van der Waals surface area contributed by atoms with Crippen molar-refractivity contribution in [2.75, 3.05) is 31.1 Å². The van der Waals surface area contributed by atoms with Gasteiger partial charge in [-0.15, -0.1) is 10.2 Å². The second-order valence-corrected chi connectivity index (χ2v) is 8.63. The van der Waals surface area contributed by atoms with Crippen molar-refractivity contribution < 1.29 is 13.9 Å². The zero-order valence-electron chi connectivity index (χ0n) is 20.0. The highest BCUT2D eigenvalue weighted by molar-refractivity contribution is 5.76. The van der Waals surface area contributed by atoms with E-state index in [1.807, 2.05) is 43.0 Å². The van der Waals surface area contributed by atoms with Crippen LogP contribution in [0.25, 0.3) is 11.4 Å². The highest BCUT2D eigenvalue weighted by Crippen LogP contribution is 2.22. The SMILES string of the molecule is CCC(C)Oc1cccc(-c2nnc(CCC(=O)N3CCN(c4ccccc4F)CC3)c(=O)[nH]2)c1. The van der Waals surface area contributed by atoms with Crippen molar-refractivity contribution in [2.24, 2.45) is 0 Å². The normalized spacial score (nSPS) is 14.6. The highest BCUT2D eigenvalue weighted by Gasteiger charge is 2.23. The number of aromatic nitrogens is 3. The number of nitrogens with zero attached hydrogens (tertiary/aromatic N) is 4. The summed E-state index contributed by atoms with van der Waals surface area (Å²) < 4.78 is 19.9. The fraction of sp³-hybridized carbons (Fsp3) is 0.385. The zero-order chi connectivity index (χ0) is 24.8. The molecule has 0 radical (unpaired) electrons. The molecule has 35 heavy (non-hydrogen) atoms. The van der Waals surface area contributed by atoms with Crippen LogP contribution in [0.1, 0.15) is 32.4 Å². The van der Waals surface area contributed by atoms with E-state index in [0.29, 0.717) is 49.0 Å². The molecule has 1 aromatic heterocycles. The molecule has 0 spiro atoms. The minimum absolute atomic E-state index is 0.0571. The molecule has 1 saturated heterocycles. The first-order valence-electron chi connectivity index (χ1n) is 11.9. The van der Waals surface area contributed by atoms with Gasteiger partial charge in [0.25, 0.3) is 5.56 Å². The van der Waals surface area contributed by atoms with Crippen molar-refractivity contribution in [2.45, 2.75) is 39.2 Å². The lowest BCUT2D eigenvalue weighted by Gasteiger charge is -2.36. The van der Waals surface area contributed by atoms with Crippen LogP contribution in [-0.2, 0) is 11.2 Å². The third kappa shape index (κ3) is 6.03. The third-order valence-electron chi connectivity index (χ3n) is 6.19. The molecule has 4 rings (SSSR count). The first kappa shape index (κ1) is 24.4. The molecule has 184 valence electrons. The number of hydrogen-bond acceptors (Lipinski definition) is 6. The van der Waals surface area contributed by atoms with Gasteiger partial charge in [0.15, 0.2) is 5.82 Å². The molecule has 1 aliphatic heterocycles. The van der Waals surface area contributed by atoms with Crippen molar-refractivity contribution in [1.29, 1.82) is 0 Å². The van der Waals surface area contributed by atoms with Crippen molar-refractivity contribution in [3.63, 3.8) is 0 Å². The van der Waals surface area contributed by atoms with Gasteiger partial charge < -0.3 is 19.5 Å². The van der Waals surface area contributed by atoms with Crippen LogP contribution in [0.5, 0.6) is 5.75 Å². The van der Waals surface area contributed by atoms with Crippen molar-refractivity contribution in [3.05, 3.63) is 70.4 Å². The van der Waals surface area contributed by atoms with E-state index in [1.165, 1.54) is 6.07 Å². The fourth-order valence-corrected chi connectivity index (χ4v) is 3.97. The number of rotatable bonds is 8. The van der Waals surface area contributed by atoms with Crippen LogP contribution in [0.3, 0.4) is 0 Å². The summed E-state index contributed by atoms with van der Waals surface area (Å²) in [6.45, 7) is 6.16. The maximum atomic E-state index is 14.0. The van der Waals surface area contributed by atoms with Crippen LogP contribution >= 0.6 is 0 Å². The van der Waals surface area contributed by atoms with Gasteiger partial charge in [-0.2, -0.15) is 0 Å². The molecule has 1 atom stereocenters. The number of para-hydroxylation sites is 1. The average molecular weight is 480 g/mol. The zero-order valence-corrected chi connectivity index (χ0v) is 20.0. The monoisotopic (exact) mass is 479 g/mol. The van der Waals surface area contributed by atoms with E-state index in [-0.39, 0.29) is 41.9 Å². The predicted octanol–water partition coefficient (Wildman–Crippen LogP) is 3.43. The lowest BCUT2D eigenvalue weighted by Crippen LogP contribution is -2.49. The van der Waals surface area contributed by atoms with Gasteiger partial charge in [-0.1, -0.05) is 31.2 Å². The number of H-pyrrole nitrogens is 1. The Hall–Kier alpha value is -3.75. The molecular weight excluding hydrogens is 449 g/mol. The average Bonchev–Trinajstić information content (AvgIpc) is 2.88. The molecule has 0 saturated carbocycles. The number of anilines is 1. The van der Waals surface area contributed by atoms with Crippen LogP contribution in [-0.4, -0.2) is 58.3 Å². The number of piperazine rings is 1. The minimum Gasteiger partial charge on any atom is -0.491 e. The molecular formula is C26H30FN5O3. The largest absolute Gasteiger partial charge is 0.491 e. The Labute approximate surface area is 203 Å². The second kappa shape index (κ2) is 11.1. The van der Waals surface area contributed by atoms with E-state index < -0.39 is 0 Å². The maximum absolute atomic E-state index is 14.0. The fourth-order valence-electron chi connectivity index (χ4n) is 3.97. The predicted molar refractivity (Wildman–Crippen MR) is 132 cm³/mol. The van der Waals surface area contributed by atoms with Gasteiger partial charge in [-0.3, -0.25) is 9.59 Å². The molecule has 0 bridgehead atoms. The molecule has 8 nitrogen and oxygen atoms in total. The van der Waals surface area contributed by atoms with Crippen LogP contribution in [0.15, 0.2) is 53.3 Å². The van der Waals surface area contributed by atoms with Crippen LogP contribution in [0.4, 0.5) is 10.1 Å². The Balaban J connectivity index is 1.33. The molecule has 3 aromatic rings. The smallest absolute Gasteiger partial charge is 0.273 e. The third-order valence-corrected chi connectivity index (χ3v) is 6.19. The summed E-state index contributed by atoms with van der Waals surface area (Å²) >= 11 is 0. The molecule has 1 amide bonds. The van der Waals surface area contributed by atoms with Crippen LogP contribution in [0, 0.1) is 5.82 Å². The van der Waals surface area contributed by atoms with Crippen LogP contribution < -0.4 is 15.2 Å². The topological polar surface area (TPSA) is 91.4 Å². The van der Waals surface area contributed by atoms with Gasteiger partial charge in [-0.25, -0.2) is 4.39 Å². The summed E-state index contributed by atoms with van der Waals surface area (Å²) in [7, 11) is 0. The van der Waals surface area contributed by atoms with E-state index in [2.05, 4.69) is 15.2 Å². The molecule has 2 heterocycles. The van der Waals surface area contributed by atoms with Gasteiger partial charge in [0, 0.05) is 44.6 Å². The number of benzene rings is 2. The Morgan fingerprint density at radius 2 is 1.89 bits per heavy atom. The summed E-state index contributed by atoms with van der Waals surface area (Å²) in [5.74, 6) is 0.731. The molecule has 9 heteroatoms.